The first-order chi connectivity index (χ1) is 15.6. The van der Waals surface area contributed by atoms with E-state index in [9.17, 15) is 4.79 Å². The van der Waals surface area contributed by atoms with Crippen LogP contribution < -0.4 is 10.6 Å². The summed E-state index contributed by atoms with van der Waals surface area (Å²) in [5.41, 5.74) is 0.790. The second kappa shape index (κ2) is 13.0. The monoisotopic (exact) mass is 462 g/mol. The largest absolute Gasteiger partial charge is 0.380 e. The summed E-state index contributed by atoms with van der Waals surface area (Å²) in [6.07, 6.45) is 9.98. The number of amides is 1. The van der Waals surface area contributed by atoms with Gasteiger partial charge in [0, 0.05) is 31.4 Å². The third kappa shape index (κ3) is 7.62. The van der Waals surface area contributed by atoms with Crippen LogP contribution in [0.3, 0.4) is 0 Å². The minimum absolute atomic E-state index is 0.135. The van der Waals surface area contributed by atoms with Crippen molar-refractivity contribution >= 4 is 34.5 Å². The predicted octanol–water partition coefficient (Wildman–Crippen LogP) is 4.25. The lowest BCUT2D eigenvalue weighted by Crippen LogP contribution is -2.28. The SMILES string of the molecule is CCOCCNc1nc(SC(C)C)nc2c1cnn2CCNC(=O)CCC1CCCCC1. The Bertz CT molecular complexity index is 850. The Labute approximate surface area is 195 Å². The quantitative estimate of drug-likeness (QED) is 0.261. The van der Waals surface area contributed by atoms with Crippen molar-refractivity contribution in [2.45, 2.75) is 82.7 Å². The highest BCUT2D eigenvalue weighted by molar-refractivity contribution is 7.99. The fourth-order valence-corrected chi connectivity index (χ4v) is 4.79. The molecule has 3 rings (SSSR count). The molecule has 0 saturated heterocycles. The van der Waals surface area contributed by atoms with Crippen LogP contribution in [-0.2, 0) is 16.1 Å². The summed E-state index contributed by atoms with van der Waals surface area (Å²) in [6, 6.07) is 0. The van der Waals surface area contributed by atoms with Gasteiger partial charge in [0.15, 0.2) is 10.8 Å². The molecule has 0 aromatic carbocycles. The second-order valence-electron chi connectivity index (χ2n) is 8.64. The van der Waals surface area contributed by atoms with E-state index in [2.05, 4.69) is 29.6 Å². The van der Waals surface area contributed by atoms with Gasteiger partial charge in [0.1, 0.15) is 5.82 Å². The van der Waals surface area contributed by atoms with E-state index in [0.29, 0.717) is 44.5 Å². The van der Waals surface area contributed by atoms with E-state index < -0.39 is 0 Å². The Morgan fingerprint density at radius 3 is 2.81 bits per heavy atom. The lowest BCUT2D eigenvalue weighted by atomic mass is 9.86. The highest BCUT2D eigenvalue weighted by Gasteiger charge is 2.16. The number of carbonyl (C=O) groups excluding carboxylic acids is 1. The van der Waals surface area contributed by atoms with Crippen molar-refractivity contribution in [2.24, 2.45) is 5.92 Å². The van der Waals surface area contributed by atoms with Crippen molar-refractivity contribution in [1.29, 1.82) is 0 Å². The number of fused-ring (bicyclic) bond motifs is 1. The molecule has 1 fully saturated rings. The van der Waals surface area contributed by atoms with Crippen LogP contribution in [0.15, 0.2) is 11.4 Å². The number of nitrogens with zero attached hydrogens (tertiary/aromatic N) is 4. The zero-order valence-electron chi connectivity index (χ0n) is 19.7. The van der Waals surface area contributed by atoms with Crippen molar-refractivity contribution < 1.29 is 9.53 Å². The number of hydrogen-bond donors (Lipinski definition) is 2. The summed E-state index contributed by atoms with van der Waals surface area (Å²) in [5.74, 6) is 1.64. The first kappa shape index (κ1) is 24.8. The van der Waals surface area contributed by atoms with Gasteiger partial charge < -0.3 is 15.4 Å². The molecular formula is C23H38N6O2S. The van der Waals surface area contributed by atoms with E-state index in [1.807, 2.05) is 11.6 Å². The average Bonchev–Trinajstić information content (AvgIpc) is 3.18. The maximum absolute atomic E-state index is 12.3. The standard InChI is InChI=1S/C23H38N6O2S/c1-4-31-15-13-25-21-19-16-26-29(22(19)28-23(27-21)32-17(2)3)14-12-24-20(30)11-10-18-8-6-5-7-9-18/h16-18H,4-15H2,1-3H3,(H,24,30)(H,25,27,28). The minimum atomic E-state index is 0.135. The van der Waals surface area contributed by atoms with E-state index in [-0.39, 0.29) is 5.91 Å². The summed E-state index contributed by atoms with van der Waals surface area (Å²) in [4.78, 5) is 21.7. The predicted molar refractivity (Wildman–Crippen MR) is 130 cm³/mol. The molecule has 1 amide bonds. The second-order valence-corrected chi connectivity index (χ2v) is 10.2. The number of ether oxygens (including phenoxy) is 1. The molecular weight excluding hydrogens is 424 g/mol. The lowest BCUT2D eigenvalue weighted by Gasteiger charge is -2.20. The maximum Gasteiger partial charge on any atom is 0.220 e. The molecule has 0 atom stereocenters. The van der Waals surface area contributed by atoms with Gasteiger partial charge in [0.2, 0.25) is 5.91 Å². The molecule has 1 aliphatic rings. The number of rotatable bonds is 13. The fourth-order valence-electron chi connectivity index (χ4n) is 4.08. The molecule has 178 valence electrons. The fraction of sp³-hybridized carbons (Fsp3) is 0.739. The number of thioether (sulfide) groups is 1. The molecule has 0 bridgehead atoms. The zero-order valence-corrected chi connectivity index (χ0v) is 20.5. The molecule has 2 N–H and O–H groups in total. The Kier molecular flexibility index (Phi) is 10.1. The van der Waals surface area contributed by atoms with Crippen LogP contribution in [0, 0.1) is 5.92 Å². The molecule has 1 saturated carbocycles. The Hall–Kier alpha value is -1.87. The summed E-state index contributed by atoms with van der Waals surface area (Å²) in [5, 5.41) is 12.9. The Balaban J connectivity index is 1.58. The molecule has 0 unspecified atom stereocenters. The summed E-state index contributed by atoms with van der Waals surface area (Å²) in [7, 11) is 0. The molecule has 9 heteroatoms. The number of hydrogen-bond acceptors (Lipinski definition) is 7. The molecule has 0 spiro atoms. The van der Waals surface area contributed by atoms with E-state index in [4.69, 9.17) is 14.7 Å². The van der Waals surface area contributed by atoms with Gasteiger partial charge >= 0.3 is 0 Å². The van der Waals surface area contributed by atoms with Gasteiger partial charge in [-0.2, -0.15) is 5.10 Å². The smallest absolute Gasteiger partial charge is 0.220 e. The normalized spacial score (nSPS) is 14.9. The first-order valence-corrected chi connectivity index (χ1v) is 12.9. The van der Waals surface area contributed by atoms with Gasteiger partial charge in [-0.25, -0.2) is 14.6 Å². The van der Waals surface area contributed by atoms with Gasteiger partial charge in [-0.05, 0) is 19.3 Å². The van der Waals surface area contributed by atoms with Crippen molar-refractivity contribution in [3.63, 3.8) is 0 Å². The number of carbonyl (C=O) groups is 1. The van der Waals surface area contributed by atoms with Crippen LogP contribution in [0.1, 0.15) is 65.7 Å². The highest BCUT2D eigenvalue weighted by atomic mass is 32.2. The van der Waals surface area contributed by atoms with Crippen molar-refractivity contribution in [3.8, 4) is 0 Å². The van der Waals surface area contributed by atoms with E-state index in [1.54, 1.807) is 18.0 Å². The maximum atomic E-state index is 12.3. The topological polar surface area (TPSA) is 94.0 Å². The molecule has 2 heterocycles. The third-order valence-corrected chi connectivity index (χ3v) is 6.57. The highest BCUT2D eigenvalue weighted by Crippen LogP contribution is 2.28. The van der Waals surface area contributed by atoms with Gasteiger partial charge in [0.25, 0.3) is 0 Å². The zero-order chi connectivity index (χ0) is 22.8. The van der Waals surface area contributed by atoms with Crippen LogP contribution in [0.25, 0.3) is 11.0 Å². The van der Waals surface area contributed by atoms with Gasteiger partial charge in [0.05, 0.1) is 24.7 Å². The van der Waals surface area contributed by atoms with Gasteiger partial charge in [-0.15, -0.1) is 0 Å². The Morgan fingerprint density at radius 1 is 1.25 bits per heavy atom. The van der Waals surface area contributed by atoms with Gasteiger partial charge in [-0.1, -0.05) is 57.7 Å². The third-order valence-electron chi connectivity index (χ3n) is 5.71. The molecule has 1 aliphatic carbocycles. The van der Waals surface area contributed by atoms with Crippen LogP contribution in [-0.4, -0.2) is 57.2 Å². The van der Waals surface area contributed by atoms with Crippen molar-refractivity contribution in [2.75, 3.05) is 31.6 Å². The van der Waals surface area contributed by atoms with Crippen LogP contribution in [0.4, 0.5) is 5.82 Å². The summed E-state index contributed by atoms with van der Waals surface area (Å²) >= 11 is 1.63. The van der Waals surface area contributed by atoms with E-state index in [1.165, 1.54) is 32.1 Å². The Morgan fingerprint density at radius 2 is 2.06 bits per heavy atom. The van der Waals surface area contributed by atoms with Crippen molar-refractivity contribution in [1.82, 2.24) is 25.1 Å². The number of anilines is 1. The molecule has 0 radical (unpaired) electrons. The molecule has 2 aromatic rings. The lowest BCUT2D eigenvalue weighted by molar-refractivity contribution is -0.121. The van der Waals surface area contributed by atoms with Gasteiger partial charge in [-0.3, -0.25) is 4.79 Å². The van der Waals surface area contributed by atoms with Crippen LogP contribution >= 0.6 is 11.8 Å². The van der Waals surface area contributed by atoms with Crippen LogP contribution in [0.5, 0.6) is 0 Å². The molecule has 8 nitrogen and oxygen atoms in total. The summed E-state index contributed by atoms with van der Waals surface area (Å²) in [6.45, 7) is 9.35. The van der Waals surface area contributed by atoms with Crippen LogP contribution in [0.2, 0.25) is 0 Å². The average molecular weight is 463 g/mol. The first-order valence-electron chi connectivity index (χ1n) is 12.0. The molecule has 32 heavy (non-hydrogen) atoms. The number of nitrogens with one attached hydrogen (secondary N) is 2. The van der Waals surface area contributed by atoms with E-state index >= 15 is 0 Å². The molecule has 2 aromatic heterocycles. The number of aromatic nitrogens is 4. The van der Waals surface area contributed by atoms with E-state index in [0.717, 1.165) is 34.3 Å². The summed E-state index contributed by atoms with van der Waals surface area (Å²) < 4.78 is 7.29. The molecule has 0 aliphatic heterocycles. The minimum Gasteiger partial charge on any atom is -0.380 e. The van der Waals surface area contributed by atoms with Crippen molar-refractivity contribution in [3.05, 3.63) is 6.20 Å².